The SMILES string of the molecule is Cn1c(Nc2cc(C(C)(C)C)n([C@H]3CCOC3)n2)nc2ncc(Oc3cnn4cnnc4c3)c(Cl)c21. The lowest BCUT2D eigenvalue weighted by molar-refractivity contribution is 0.183. The Balaban J connectivity index is 1.32. The molecule has 1 aliphatic rings. The Labute approximate surface area is 211 Å². The fourth-order valence-electron chi connectivity index (χ4n) is 4.31. The fourth-order valence-corrected chi connectivity index (χ4v) is 4.61. The average molecular weight is 509 g/mol. The van der Waals surface area contributed by atoms with E-state index in [1.165, 1.54) is 6.33 Å². The smallest absolute Gasteiger partial charge is 0.210 e. The minimum atomic E-state index is -0.0801. The Kier molecular flexibility index (Phi) is 5.30. The Morgan fingerprint density at radius 1 is 1.22 bits per heavy atom. The van der Waals surface area contributed by atoms with Crippen LogP contribution in [0.2, 0.25) is 5.02 Å². The molecule has 5 aromatic heterocycles. The molecule has 6 rings (SSSR count). The van der Waals surface area contributed by atoms with E-state index in [-0.39, 0.29) is 11.5 Å². The molecule has 0 bridgehead atoms. The fraction of sp³-hybridized carbons (Fsp3) is 0.391. The number of ether oxygens (including phenoxy) is 2. The molecule has 13 heteroatoms. The van der Waals surface area contributed by atoms with Crippen LogP contribution in [0.3, 0.4) is 0 Å². The summed E-state index contributed by atoms with van der Waals surface area (Å²) < 4.78 is 17.0. The van der Waals surface area contributed by atoms with Crippen molar-refractivity contribution in [2.24, 2.45) is 7.05 Å². The normalized spacial score (nSPS) is 16.3. The highest BCUT2D eigenvalue weighted by molar-refractivity contribution is 6.36. The second-order valence-electron chi connectivity index (χ2n) is 9.78. The molecule has 0 unspecified atom stereocenters. The number of nitrogens with zero attached hydrogens (tertiary/aromatic N) is 9. The standard InChI is InChI=1S/C23H25ClN10O2/c1-23(2,3)16-8-17(31-34(16)13-5-6-35-11-13)28-22-29-21-20(32(22)4)19(24)15(10-25-21)36-14-7-18-30-26-12-33(18)27-9-14/h7-10,12-13H,5-6,11H2,1-4H3,(H,25,28,29,31)/t13-/m0/s1. The molecule has 0 aromatic carbocycles. The Morgan fingerprint density at radius 2 is 2.08 bits per heavy atom. The van der Waals surface area contributed by atoms with Crippen LogP contribution < -0.4 is 10.1 Å². The second kappa shape index (κ2) is 8.42. The number of rotatable bonds is 5. The van der Waals surface area contributed by atoms with Gasteiger partial charge in [0.1, 0.15) is 16.9 Å². The van der Waals surface area contributed by atoms with E-state index in [1.807, 2.05) is 11.6 Å². The molecule has 1 atom stereocenters. The first kappa shape index (κ1) is 22.7. The van der Waals surface area contributed by atoms with Crippen molar-refractivity contribution in [1.82, 2.24) is 44.1 Å². The maximum Gasteiger partial charge on any atom is 0.210 e. The molecular weight excluding hydrogens is 484 g/mol. The minimum Gasteiger partial charge on any atom is -0.452 e. The molecule has 1 saturated heterocycles. The summed E-state index contributed by atoms with van der Waals surface area (Å²) in [5.41, 5.74) is 2.73. The number of halogens is 1. The van der Waals surface area contributed by atoms with Crippen molar-refractivity contribution in [2.45, 2.75) is 38.6 Å². The minimum absolute atomic E-state index is 0.0801. The zero-order chi connectivity index (χ0) is 25.0. The van der Waals surface area contributed by atoms with Crippen molar-refractivity contribution in [2.75, 3.05) is 18.5 Å². The van der Waals surface area contributed by atoms with Gasteiger partial charge < -0.3 is 19.4 Å². The lowest BCUT2D eigenvalue weighted by Crippen LogP contribution is -2.22. The van der Waals surface area contributed by atoms with E-state index in [0.29, 0.717) is 51.7 Å². The topological polar surface area (TPSA) is 122 Å². The first-order chi connectivity index (χ1) is 17.3. The van der Waals surface area contributed by atoms with Gasteiger partial charge in [0.25, 0.3) is 0 Å². The van der Waals surface area contributed by atoms with Gasteiger partial charge in [-0.25, -0.2) is 9.50 Å². The molecule has 0 amide bonds. The van der Waals surface area contributed by atoms with E-state index in [1.54, 1.807) is 23.0 Å². The predicted octanol–water partition coefficient (Wildman–Crippen LogP) is 4.05. The van der Waals surface area contributed by atoms with E-state index < -0.39 is 0 Å². The van der Waals surface area contributed by atoms with Crippen LogP contribution >= 0.6 is 11.6 Å². The number of nitrogens with one attached hydrogen (secondary N) is 1. The van der Waals surface area contributed by atoms with Gasteiger partial charge in [-0.1, -0.05) is 32.4 Å². The maximum absolute atomic E-state index is 6.74. The van der Waals surface area contributed by atoms with E-state index in [9.17, 15) is 0 Å². The van der Waals surface area contributed by atoms with Crippen molar-refractivity contribution in [1.29, 1.82) is 0 Å². The lowest BCUT2D eigenvalue weighted by atomic mass is 9.91. The summed E-state index contributed by atoms with van der Waals surface area (Å²) in [6.07, 6.45) is 5.56. The van der Waals surface area contributed by atoms with Gasteiger partial charge >= 0.3 is 0 Å². The van der Waals surface area contributed by atoms with Crippen molar-refractivity contribution in [3.05, 3.63) is 41.6 Å². The Morgan fingerprint density at radius 3 is 2.86 bits per heavy atom. The molecule has 0 aliphatic carbocycles. The number of imidazole rings is 1. The quantitative estimate of drug-likeness (QED) is 0.374. The molecule has 12 nitrogen and oxygen atoms in total. The molecule has 1 fully saturated rings. The van der Waals surface area contributed by atoms with Gasteiger partial charge in [-0.3, -0.25) is 4.68 Å². The number of fused-ring (bicyclic) bond motifs is 2. The molecular formula is C23H25ClN10O2. The molecule has 0 radical (unpaired) electrons. The lowest BCUT2D eigenvalue weighted by Gasteiger charge is -2.22. The number of hydrogen-bond donors (Lipinski definition) is 1. The van der Waals surface area contributed by atoms with Gasteiger partial charge in [0, 0.05) is 36.9 Å². The molecule has 5 aromatic rings. The van der Waals surface area contributed by atoms with E-state index in [0.717, 1.165) is 18.7 Å². The summed E-state index contributed by atoms with van der Waals surface area (Å²) in [6.45, 7) is 7.95. The van der Waals surface area contributed by atoms with Crippen LogP contribution in [0.25, 0.3) is 16.8 Å². The summed E-state index contributed by atoms with van der Waals surface area (Å²) in [6, 6.07) is 4.00. The number of aryl methyl sites for hydroxylation is 1. The summed E-state index contributed by atoms with van der Waals surface area (Å²) in [4.78, 5) is 9.10. The van der Waals surface area contributed by atoms with Crippen molar-refractivity contribution < 1.29 is 9.47 Å². The highest BCUT2D eigenvalue weighted by Crippen LogP contribution is 2.36. The number of pyridine rings is 1. The number of aromatic nitrogens is 9. The second-order valence-corrected chi connectivity index (χ2v) is 10.2. The average Bonchev–Trinajstić information content (AvgIpc) is 3.62. The van der Waals surface area contributed by atoms with Crippen LogP contribution in [-0.2, 0) is 17.2 Å². The molecule has 6 heterocycles. The first-order valence-corrected chi connectivity index (χ1v) is 12.0. The predicted molar refractivity (Wildman–Crippen MR) is 133 cm³/mol. The highest BCUT2D eigenvalue weighted by atomic mass is 35.5. The van der Waals surface area contributed by atoms with Gasteiger partial charge in [-0.15, -0.1) is 10.2 Å². The van der Waals surface area contributed by atoms with E-state index in [4.69, 9.17) is 26.2 Å². The monoisotopic (exact) mass is 508 g/mol. The van der Waals surface area contributed by atoms with Gasteiger partial charge in [-0.2, -0.15) is 15.2 Å². The van der Waals surface area contributed by atoms with Crippen molar-refractivity contribution in [3.8, 4) is 11.5 Å². The first-order valence-electron chi connectivity index (χ1n) is 11.6. The Hall–Kier alpha value is -3.77. The van der Waals surface area contributed by atoms with Crippen molar-refractivity contribution in [3.63, 3.8) is 0 Å². The van der Waals surface area contributed by atoms with Gasteiger partial charge in [0.05, 0.1) is 25.0 Å². The molecule has 36 heavy (non-hydrogen) atoms. The maximum atomic E-state index is 6.74. The molecule has 0 saturated carbocycles. The Bertz CT molecular complexity index is 1580. The van der Waals surface area contributed by atoms with E-state index in [2.05, 4.69) is 62.1 Å². The third kappa shape index (κ3) is 3.91. The summed E-state index contributed by atoms with van der Waals surface area (Å²) >= 11 is 6.74. The summed E-state index contributed by atoms with van der Waals surface area (Å²) in [5, 5.41) is 20.6. The van der Waals surface area contributed by atoms with Gasteiger partial charge in [0.15, 0.2) is 28.6 Å². The van der Waals surface area contributed by atoms with Crippen molar-refractivity contribution >= 4 is 40.2 Å². The van der Waals surface area contributed by atoms with Crippen LogP contribution in [0.15, 0.2) is 30.9 Å². The third-order valence-electron chi connectivity index (χ3n) is 6.17. The molecule has 1 N–H and O–H groups in total. The molecule has 1 aliphatic heterocycles. The summed E-state index contributed by atoms with van der Waals surface area (Å²) in [7, 11) is 1.87. The molecule has 0 spiro atoms. The highest BCUT2D eigenvalue weighted by Gasteiger charge is 2.28. The van der Waals surface area contributed by atoms with Crippen LogP contribution in [0.4, 0.5) is 11.8 Å². The van der Waals surface area contributed by atoms with Crippen LogP contribution in [0.1, 0.15) is 38.9 Å². The van der Waals surface area contributed by atoms with Crippen LogP contribution in [0, 0.1) is 0 Å². The van der Waals surface area contributed by atoms with Gasteiger partial charge in [0.2, 0.25) is 5.95 Å². The van der Waals surface area contributed by atoms with Gasteiger partial charge in [-0.05, 0) is 6.42 Å². The third-order valence-corrected chi connectivity index (χ3v) is 6.53. The zero-order valence-electron chi connectivity index (χ0n) is 20.3. The number of anilines is 2. The van der Waals surface area contributed by atoms with Crippen LogP contribution in [0.5, 0.6) is 11.5 Å². The summed E-state index contributed by atoms with van der Waals surface area (Å²) in [5.74, 6) is 2.11. The van der Waals surface area contributed by atoms with Crippen LogP contribution in [-0.4, -0.2) is 57.3 Å². The zero-order valence-corrected chi connectivity index (χ0v) is 21.1. The molecule has 186 valence electrons. The number of hydrogen-bond acceptors (Lipinski definition) is 9. The van der Waals surface area contributed by atoms with E-state index >= 15 is 0 Å². The largest absolute Gasteiger partial charge is 0.452 e.